The SMILES string of the molecule is ONCCOc1ccc(-c2ccccc2)cc1. The zero-order valence-corrected chi connectivity index (χ0v) is 9.47. The van der Waals surface area contributed by atoms with Crippen LogP contribution in [0.5, 0.6) is 5.75 Å². The monoisotopic (exact) mass is 229 g/mol. The Bertz CT molecular complexity index is 440. The second kappa shape index (κ2) is 6.03. The number of hydrogen-bond donors (Lipinski definition) is 2. The van der Waals surface area contributed by atoms with Crippen LogP contribution in [-0.4, -0.2) is 18.4 Å². The third kappa shape index (κ3) is 3.31. The van der Waals surface area contributed by atoms with Gasteiger partial charge in [0, 0.05) is 0 Å². The smallest absolute Gasteiger partial charge is 0.119 e. The van der Waals surface area contributed by atoms with E-state index in [0.29, 0.717) is 13.2 Å². The standard InChI is InChI=1S/C14H15NO2/c16-15-10-11-17-14-8-6-13(7-9-14)12-4-2-1-3-5-12/h1-9,15-16H,10-11H2. The van der Waals surface area contributed by atoms with Gasteiger partial charge in [0.1, 0.15) is 12.4 Å². The molecule has 17 heavy (non-hydrogen) atoms. The summed E-state index contributed by atoms with van der Waals surface area (Å²) in [6, 6.07) is 18.1. The Morgan fingerprint density at radius 2 is 1.53 bits per heavy atom. The molecular formula is C14H15NO2. The van der Waals surface area contributed by atoms with E-state index in [2.05, 4.69) is 17.6 Å². The van der Waals surface area contributed by atoms with Crippen molar-refractivity contribution in [2.75, 3.05) is 13.2 Å². The van der Waals surface area contributed by atoms with Gasteiger partial charge in [0.25, 0.3) is 0 Å². The Balaban J connectivity index is 2.03. The minimum absolute atomic E-state index is 0.417. The molecule has 0 aliphatic carbocycles. The lowest BCUT2D eigenvalue weighted by molar-refractivity contribution is 0.145. The van der Waals surface area contributed by atoms with Gasteiger partial charge in [-0.25, -0.2) is 5.48 Å². The van der Waals surface area contributed by atoms with Gasteiger partial charge >= 0.3 is 0 Å². The Morgan fingerprint density at radius 1 is 0.882 bits per heavy atom. The molecule has 3 heteroatoms. The summed E-state index contributed by atoms with van der Waals surface area (Å²) in [4.78, 5) is 0. The van der Waals surface area contributed by atoms with Crippen LogP contribution in [0.15, 0.2) is 54.6 Å². The van der Waals surface area contributed by atoms with Crippen LogP contribution >= 0.6 is 0 Å². The van der Waals surface area contributed by atoms with Crippen LogP contribution in [0.4, 0.5) is 0 Å². The lowest BCUT2D eigenvalue weighted by Gasteiger charge is -2.06. The molecule has 2 aromatic carbocycles. The second-order valence-corrected chi connectivity index (χ2v) is 3.65. The normalized spacial score (nSPS) is 10.2. The van der Waals surface area contributed by atoms with E-state index in [-0.39, 0.29) is 0 Å². The molecule has 0 saturated carbocycles. The van der Waals surface area contributed by atoms with Gasteiger partial charge in [-0.1, -0.05) is 42.5 Å². The van der Waals surface area contributed by atoms with Crippen LogP contribution in [0, 0.1) is 0 Å². The first-order valence-corrected chi connectivity index (χ1v) is 5.55. The Morgan fingerprint density at radius 3 is 2.18 bits per heavy atom. The van der Waals surface area contributed by atoms with Crippen molar-refractivity contribution in [1.82, 2.24) is 5.48 Å². The highest BCUT2D eigenvalue weighted by Gasteiger charge is 1.97. The summed E-state index contributed by atoms with van der Waals surface area (Å²) in [5, 5.41) is 8.41. The second-order valence-electron chi connectivity index (χ2n) is 3.65. The topological polar surface area (TPSA) is 41.5 Å². The van der Waals surface area contributed by atoms with E-state index in [1.54, 1.807) is 0 Å². The predicted molar refractivity (Wildman–Crippen MR) is 67.2 cm³/mol. The van der Waals surface area contributed by atoms with Gasteiger partial charge in [-0.2, -0.15) is 0 Å². The first-order chi connectivity index (χ1) is 8.40. The lowest BCUT2D eigenvalue weighted by Crippen LogP contribution is -2.16. The Hall–Kier alpha value is -1.84. The molecule has 2 rings (SSSR count). The minimum Gasteiger partial charge on any atom is -0.492 e. The van der Waals surface area contributed by atoms with Crippen LogP contribution in [0.2, 0.25) is 0 Å². The number of nitrogens with one attached hydrogen (secondary N) is 1. The van der Waals surface area contributed by atoms with Gasteiger partial charge in [-0.05, 0) is 23.3 Å². The summed E-state index contributed by atoms with van der Waals surface area (Å²) >= 11 is 0. The van der Waals surface area contributed by atoms with Crippen LogP contribution in [0.1, 0.15) is 0 Å². The van der Waals surface area contributed by atoms with Gasteiger partial charge in [-0.15, -0.1) is 0 Å². The number of rotatable bonds is 5. The largest absolute Gasteiger partial charge is 0.492 e. The highest BCUT2D eigenvalue weighted by molar-refractivity contribution is 5.63. The van der Waals surface area contributed by atoms with E-state index < -0.39 is 0 Å². The average Bonchev–Trinajstić information content (AvgIpc) is 2.41. The first-order valence-electron chi connectivity index (χ1n) is 5.55. The molecule has 0 radical (unpaired) electrons. The van der Waals surface area contributed by atoms with Gasteiger partial charge in [0.05, 0.1) is 6.54 Å². The zero-order valence-electron chi connectivity index (χ0n) is 9.47. The molecule has 0 heterocycles. The lowest BCUT2D eigenvalue weighted by atomic mass is 10.1. The Labute approximate surface area is 101 Å². The van der Waals surface area contributed by atoms with Gasteiger partial charge in [0.15, 0.2) is 0 Å². The molecule has 0 amide bonds. The van der Waals surface area contributed by atoms with Crippen molar-refractivity contribution >= 4 is 0 Å². The van der Waals surface area contributed by atoms with Crippen LogP contribution in [0.3, 0.4) is 0 Å². The molecule has 88 valence electrons. The first kappa shape index (κ1) is 11.6. The van der Waals surface area contributed by atoms with Gasteiger partial charge in [0.2, 0.25) is 0 Å². The summed E-state index contributed by atoms with van der Waals surface area (Å²) in [5.41, 5.74) is 4.41. The van der Waals surface area contributed by atoms with Gasteiger partial charge in [-0.3, -0.25) is 0 Å². The molecular weight excluding hydrogens is 214 g/mol. The van der Waals surface area contributed by atoms with E-state index in [1.165, 1.54) is 11.1 Å². The number of ether oxygens (including phenoxy) is 1. The maximum atomic E-state index is 8.41. The third-order valence-corrected chi connectivity index (χ3v) is 2.44. The van der Waals surface area contributed by atoms with E-state index >= 15 is 0 Å². The van der Waals surface area contributed by atoms with Crippen molar-refractivity contribution in [3.63, 3.8) is 0 Å². The molecule has 3 nitrogen and oxygen atoms in total. The van der Waals surface area contributed by atoms with Crippen molar-refractivity contribution in [3.8, 4) is 16.9 Å². The van der Waals surface area contributed by atoms with Crippen LogP contribution in [-0.2, 0) is 0 Å². The fourth-order valence-electron chi connectivity index (χ4n) is 1.59. The summed E-state index contributed by atoms with van der Waals surface area (Å²) in [5.74, 6) is 0.805. The molecule has 2 aromatic rings. The minimum atomic E-state index is 0.417. The molecule has 0 spiro atoms. The van der Waals surface area contributed by atoms with Crippen molar-refractivity contribution < 1.29 is 9.94 Å². The molecule has 0 saturated heterocycles. The van der Waals surface area contributed by atoms with Gasteiger partial charge < -0.3 is 9.94 Å². The highest BCUT2D eigenvalue weighted by Crippen LogP contribution is 2.21. The fourth-order valence-corrected chi connectivity index (χ4v) is 1.59. The zero-order chi connectivity index (χ0) is 11.9. The highest BCUT2D eigenvalue weighted by atomic mass is 16.5. The Kier molecular flexibility index (Phi) is 4.13. The van der Waals surface area contributed by atoms with E-state index in [0.717, 1.165) is 5.75 Å². The summed E-state index contributed by atoms with van der Waals surface area (Å²) < 4.78 is 5.41. The summed E-state index contributed by atoms with van der Waals surface area (Å²) in [7, 11) is 0. The maximum absolute atomic E-state index is 8.41. The van der Waals surface area contributed by atoms with Crippen molar-refractivity contribution in [3.05, 3.63) is 54.6 Å². The van der Waals surface area contributed by atoms with Crippen LogP contribution < -0.4 is 10.2 Å². The van der Waals surface area contributed by atoms with Crippen molar-refractivity contribution in [2.24, 2.45) is 0 Å². The third-order valence-electron chi connectivity index (χ3n) is 2.44. The van der Waals surface area contributed by atoms with E-state index in [9.17, 15) is 0 Å². The van der Waals surface area contributed by atoms with Crippen molar-refractivity contribution in [1.29, 1.82) is 0 Å². The summed E-state index contributed by atoms with van der Waals surface area (Å²) in [6.45, 7) is 0.863. The molecule has 0 atom stereocenters. The maximum Gasteiger partial charge on any atom is 0.119 e. The number of hydroxylamine groups is 1. The van der Waals surface area contributed by atoms with E-state index in [4.69, 9.17) is 9.94 Å². The molecule has 2 N–H and O–H groups in total. The molecule has 0 fully saturated rings. The quantitative estimate of drug-likeness (QED) is 0.612. The molecule has 0 aliphatic rings. The predicted octanol–water partition coefficient (Wildman–Crippen LogP) is 2.71. The molecule has 0 aromatic heterocycles. The molecule has 0 unspecified atom stereocenters. The fraction of sp³-hybridized carbons (Fsp3) is 0.143. The average molecular weight is 229 g/mol. The van der Waals surface area contributed by atoms with Crippen LogP contribution in [0.25, 0.3) is 11.1 Å². The van der Waals surface area contributed by atoms with E-state index in [1.807, 2.05) is 42.5 Å². The molecule has 0 aliphatic heterocycles. The number of hydrogen-bond acceptors (Lipinski definition) is 3. The molecule has 0 bridgehead atoms. The summed E-state index contributed by atoms with van der Waals surface area (Å²) in [6.07, 6.45) is 0. The number of benzene rings is 2. The van der Waals surface area contributed by atoms with Crippen molar-refractivity contribution in [2.45, 2.75) is 0 Å².